The van der Waals surface area contributed by atoms with Crippen LogP contribution in [0.4, 0.5) is 5.69 Å². The summed E-state index contributed by atoms with van der Waals surface area (Å²) in [6, 6.07) is 6.12. The molecular formula is C15H21N3. The number of hydrogen-bond acceptors (Lipinski definition) is 2. The average Bonchev–Trinajstić information content (AvgIpc) is 2.82. The van der Waals surface area contributed by atoms with Crippen LogP contribution in [0.1, 0.15) is 31.2 Å². The molecule has 0 aliphatic carbocycles. The zero-order valence-corrected chi connectivity index (χ0v) is 10.9. The van der Waals surface area contributed by atoms with Gasteiger partial charge in [-0.3, -0.25) is 0 Å². The lowest BCUT2D eigenvalue weighted by Gasteiger charge is -2.28. The Hall–Kier alpha value is -1.48. The van der Waals surface area contributed by atoms with Crippen LogP contribution in [0.25, 0.3) is 10.9 Å². The topological polar surface area (TPSA) is 53.8 Å². The lowest BCUT2D eigenvalue weighted by molar-refractivity contribution is 0.331. The van der Waals surface area contributed by atoms with E-state index in [-0.39, 0.29) is 0 Å². The first-order valence-corrected chi connectivity index (χ1v) is 6.83. The molecule has 1 unspecified atom stereocenters. The molecule has 1 aliphatic heterocycles. The zero-order chi connectivity index (χ0) is 12.5. The van der Waals surface area contributed by atoms with Gasteiger partial charge >= 0.3 is 0 Å². The first-order chi connectivity index (χ1) is 8.75. The lowest BCUT2D eigenvalue weighted by Crippen LogP contribution is -2.30. The van der Waals surface area contributed by atoms with Crippen molar-refractivity contribution in [2.75, 3.05) is 18.8 Å². The molecule has 1 aliphatic rings. The number of aromatic nitrogens is 1. The summed E-state index contributed by atoms with van der Waals surface area (Å²) in [7, 11) is 0. The van der Waals surface area contributed by atoms with Crippen LogP contribution < -0.4 is 11.1 Å². The van der Waals surface area contributed by atoms with Crippen LogP contribution >= 0.6 is 0 Å². The Morgan fingerprint density at radius 2 is 2.06 bits per heavy atom. The highest BCUT2D eigenvalue weighted by Crippen LogP contribution is 2.35. The van der Waals surface area contributed by atoms with Crippen molar-refractivity contribution in [3.8, 4) is 0 Å². The summed E-state index contributed by atoms with van der Waals surface area (Å²) in [6.07, 6.45) is 4.71. The van der Waals surface area contributed by atoms with Crippen molar-refractivity contribution in [1.29, 1.82) is 0 Å². The molecule has 1 saturated heterocycles. The van der Waals surface area contributed by atoms with E-state index in [9.17, 15) is 0 Å². The van der Waals surface area contributed by atoms with E-state index in [2.05, 4.69) is 35.6 Å². The molecule has 0 saturated carbocycles. The Labute approximate surface area is 108 Å². The van der Waals surface area contributed by atoms with Crippen LogP contribution in [0.2, 0.25) is 0 Å². The molecule has 2 heterocycles. The van der Waals surface area contributed by atoms with Crippen molar-refractivity contribution in [1.82, 2.24) is 10.3 Å². The highest BCUT2D eigenvalue weighted by atomic mass is 14.9. The van der Waals surface area contributed by atoms with Gasteiger partial charge in [-0.15, -0.1) is 0 Å². The zero-order valence-electron chi connectivity index (χ0n) is 10.9. The molecule has 4 N–H and O–H groups in total. The lowest BCUT2D eigenvalue weighted by atomic mass is 9.81. The standard InChI is InChI=1S/C15H21N3/c1-10(11-4-6-17-7-5-11)14-9-18-15-3-2-12(16)8-13(14)15/h2-3,8-11,17-18H,4-7,16H2,1H3. The van der Waals surface area contributed by atoms with E-state index >= 15 is 0 Å². The third kappa shape index (κ3) is 1.99. The third-order valence-electron chi connectivity index (χ3n) is 4.32. The van der Waals surface area contributed by atoms with Crippen molar-refractivity contribution < 1.29 is 0 Å². The summed E-state index contributed by atoms with van der Waals surface area (Å²) in [4.78, 5) is 3.36. The molecule has 0 radical (unpaired) electrons. The summed E-state index contributed by atoms with van der Waals surface area (Å²) in [5.74, 6) is 1.38. The Bertz CT molecular complexity index is 538. The summed E-state index contributed by atoms with van der Waals surface area (Å²) in [5, 5.41) is 4.73. The SMILES string of the molecule is CC(c1c[nH]c2ccc(N)cc12)C1CCNCC1. The van der Waals surface area contributed by atoms with Crippen LogP contribution in [0.3, 0.4) is 0 Å². The normalized spacial score (nSPS) is 19.2. The molecule has 1 aromatic heterocycles. The van der Waals surface area contributed by atoms with E-state index in [4.69, 9.17) is 5.73 Å². The van der Waals surface area contributed by atoms with Crippen LogP contribution in [0.5, 0.6) is 0 Å². The molecular weight excluding hydrogens is 222 g/mol. The van der Waals surface area contributed by atoms with Gasteiger partial charge in [-0.2, -0.15) is 0 Å². The second-order valence-corrected chi connectivity index (χ2v) is 5.43. The number of fused-ring (bicyclic) bond motifs is 1. The van der Waals surface area contributed by atoms with E-state index in [0.29, 0.717) is 5.92 Å². The molecule has 3 rings (SSSR count). The Kier molecular flexibility index (Phi) is 3.00. The molecule has 3 nitrogen and oxygen atoms in total. The summed E-state index contributed by atoms with van der Waals surface area (Å²) >= 11 is 0. The minimum atomic E-state index is 0.600. The first-order valence-electron chi connectivity index (χ1n) is 6.83. The molecule has 3 heteroatoms. The van der Waals surface area contributed by atoms with Gasteiger partial charge in [0.15, 0.2) is 0 Å². The molecule has 96 valence electrons. The van der Waals surface area contributed by atoms with E-state index in [0.717, 1.165) is 24.7 Å². The van der Waals surface area contributed by atoms with Crippen molar-refractivity contribution in [3.05, 3.63) is 30.0 Å². The number of nitrogens with two attached hydrogens (primary N) is 1. The molecule has 1 aromatic carbocycles. The smallest absolute Gasteiger partial charge is 0.0458 e. The third-order valence-corrected chi connectivity index (χ3v) is 4.32. The summed E-state index contributed by atoms with van der Waals surface area (Å²) < 4.78 is 0. The van der Waals surface area contributed by atoms with Gasteiger partial charge in [-0.1, -0.05) is 6.92 Å². The van der Waals surface area contributed by atoms with Crippen LogP contribution in [0.15, 0.2) is 24.4 Å². The summed E-state index contributed by atoms with van der Waals surface area (Å²) in [5.41, 5.74) is 9.37. The Morgan fingerprint density at radius 3 is 2.83 bits per heavy atom. The van der Waals surface area contributed by atoms with Gasteiger partial charge in [0.05, 0.1) is 0 Å². The Balaban J connectivity index is 1.95. The van der Waals surface area contributed by atoms with E-state index in [1.807, 2.05) is 6.07 Å². The molecule has 0 bridgehead atoms. The summed E-state index contributed by atoms with van der Waals surface area (Å²) in [6.45, 7) is 4.65. The Morgan fingerprint density at radius 1 is 1.28 bits per heavy atom. The molecule has 1 fully saturated rings. The number of rotatable bonds is 2. The second-order valence-electron chi connectivity index (χ2n) is 5.43. The van der Waals surface area contributed by atoms with Crippen molar-refractivity contribution >= 4 is 16.6 Å². The van der Waals surface area contributed by atoms with Gasteiger partial charge < -0.3 is 16.0 Å². The molecule has 2 aromatic rings. The van der Waals surface area contributed by atoms with Gasteiger partial charge in [-0.05, 0) is 61.5 Å². The quantitative estimate of drug-likeness (QED) is 0.710. The fraction of sp³-hybridized carbons (Fsp3) is 0.467. The molecule has 18 heavy (non-hydrogen) atoms. The van der Waals surface area contributed by atoms with E-state index < -0.39 is 0 Å². The van der Waals surface area contributed by atoms with Gasteiger partial charge in [0.2, 0.25) is 0 Å². The van der Waals surface area contributed by atoms with Crippen LogP contribution in [-0.4, -0.2) is 18.1 Å². The first kappa shape index (κ1) is 11.6. The number of aromatic amines is 1. The largest absolute Gasteiger partial charge is 0.399 e. The number of nitrogens with one attached hydrogen (secondary N) is 2. The molecule has 0 spiro atoms. The highest BCUT2D eigenvalue weighted by Gasteiger charge is 2.23. The number of benzene rings is 1. The number of piperidine rings is 1. The van der Waals surface area contributed by atoms with Crippen molar-refractivity contribution in [3.63, 3.8) is 0 Å². The van der Waals surface area contributed by atoms with Gasteiger partial charge in [0.1, 0.15) is 0 Å². The van der Waals surface area contributed by atoms with E-state index in [1.165, 1.54) is 29.3 Å². The highest BCUT2D eigenvalue weighted by molar-refractivity contribution is 5.86. The van der Waals surface area contributed by atoms with Crippen LogP contribution in [-0.2, 0) is 0 Å². The predicted molar refractivity (Wildman–Crippen MR) is 76.7 cm³/mol. The molecule has 1 atom stereocenters. The fourth-order valence-corrected chi connectivity index (χ4v) is 3.13. The van der Waals surface area contributed by atoms with Crippen molar-refractivity contribution in [2.45, 2.75) is 25.7 Å². The minimum absolute atomic E-state index is 0.600. The second kappa shape index (κ2) is 4.65. The maximum absolute atomic E-state index is 5.91. The number of anilines is 1. The van der Waals surface area contributed by atoms with Gasteiger partial charge in [-0.25, -0.2) is 0 Å². The molecule has 0 amide bonds. The average molecular weight is 243 g/mol. The van der Waals surface area contributed by atoms with Crippen LogP contribution in [0, 0.1) is 5.92 Å². The van der Waals surface area contributed by atoms with E-state index in [1.54, 1.807) is 0 Å². The number of H-pyrrole nitrogens is 1. The minimum Gasteiger partial charge on any atom is -0.399 e. The fourth-order valence-electron chi connectivity index (χ4n) is 3.13. The predicted octanol–water partition coefficient (Wildman–Crippen LogP) is 2.85. The number of nitrogen functional groups attached to an aromatic ring is 1. The maximum Gasteiger partial charge on any atom is 0.0458 e. The van der Waals surface area contributed by atoms with Gasteiger partial charge in [0, 0.05) is 22.8 Å². The maximum atomic E-state index is 5.91. The van der Waals surface area contributed by atoms with Gasteiger partial charge in [0.25, 0.3) is 0 Å². The number of hydrogen-bond donors (Lipinski definition) is 3. The monoisotopic (exact) mass is 243 g/mol. The van der Waals surface area contributed by atoms with Crippen molar-refractivity contribution in [2.24, 2.45) is 5.92 Å².